The number of nitrogens with one attached hydrogen (secondary N) is 1. The smallest absolute Gasteiger partial charge is 0.225 e. The third kappa shape index (κ3) is 4.46. The Bertz CT molecular complexity index is 881. The number of nitrogens with zero attached hydrogens (tertiary/aromatic N) is 5. The van der Waals surface area contributed by atoms with Gasteiger partial charge in [0.1, 0.15) is 0 Å². The van der Waals surface area contributed by atoms with Gasteiger partial charge in [0.2, 0.25) is 5.95 Å². The Morgan fingerprint density at radius 2 is 1.93 bits per heavy atom. The van der Waals surface area contributed by atoms with Gasteiger partial charge in [0.25, 0.3) is 0 Å². The molecule has 0 bridgehead atoms. The first-order valence-corrected chi connectivity index (χ1v) is 10.2. The van der Waals surface area contributed by atoms with Crippen LogP contribution in [-0.4, -0.2) is 58.6 Å². The van der Waals surface area contributed by atoms with Crippen molar-refractivity contribution in [1.82, 2.24) is 25.1 Å². The van der Waals surface area contributed by atoms with Crippen molar-refractivity contribution in [3.05, 3.63) is 66.7 Å². The first-order chi connectivity index (χ1) is 14.3. The highest BCUT2D eigenvalue weighted by Gasteiger charge is 2.40. The summed E-state index contributed by atoms with van der Waals surface area (Å²) in [6, 6.07) is 14.2. The Morgan fingerprint density at radius 1 is 1.10 bits per heavy atom. The summed E-state index contributed by atoms with van der Waals surface area (Å²) < 4.78 is 7.58. The van der Waals surface area contributed by atoms with E-state index in [1.54, 1.807) is 19.5 Å². The van der Waals surface area contributed by atoms with E-state index in [0.29, 0.717) is 6.61 Å². The Hall–Kier alpha value is -2.77. The number of anilines is 1. The number of benzene rings is 1. The number of hydrogen-bond donors (Lipinski definition) is 1. The lowest BCUT2D eigenvalue weighted by atomic mass is 9.89. The molecular weight excluding hydrogens is 364 g/mol. The lowest BCUT2D eigenvalue weighted by molar-refractivity contribution is 0.109. The van der Waals surface area contributed by atoms with Crippen molar-refractivity contribution in [2.75, 3.05) is 38.3 Å². The molecule has 0 aliphatic carbocycles. The fraction of sp³-hybridized carbons (Fsp3) is 0.409. The van der Waals surface area contributed by atoms with Crippen molar-refractivity contribution < 1.29 is 4.74 Å². The fourth-order valence-corrected chi connectivity index (χ4v) is 4.10. The van der Waals surface area contributed by atoms with Crippen molar-refractivity contribution in [2.45, 2.75) is 24.8 Å². The molecule has 1 N–H and O–H groups in total. The molecule has 1 fully saturated rings. The second-order valence-electron chi connectivity index (χ2n) is 7.48. The predicted octanol–water partition coefficient (Wildman–Crippen LogP) is 2.48. The lowest BCUT2D eigenvalue weighted by Crippen LogP contribution is -2.64. The molecule has 7 heteroatoms. The van der Waals surface area contributed by atoms with E-state index in [0.717, 1.165) is 56.2 Å². The molecule has 2 aromatic heterocycles. The van der Waals surface area contributed by atoms with Crippen molar-refractivity contribution in [2.24, 2.45) is 0 Å². The highest BCUT2D eigenvalue weighted by Crippen LogP contribution is 2.28. The third-order valence-corrected chi connectivity index (χ3v) is 5.49. The molecule has 3 heterocycles. The van der Waals surface area contributed by atoms with Crippen LogP contribution in [0.2, 0.25) is 0 Å². The minimum Gasteiger partial charge on any atom is -0.382 e. The van der Waals surface area contributed by atoms with Gasteiger partial charge in [-0.2, -0.15) is 5.10 Å². The first kappa shape index (κ1) is 19.5. The molecule has 1 aliphatic rings. The molecule has 29 heavy (non-hydrogen) atoms. The predicted molar refractivity (Wildman–Crippen MR) is 113 cm³/mol. The average Bonchev–Trinajstić information content (AvgIpc) is 3.25. The number of aryl methyl sites for hydroxylation is 1. The summed E-state index contributed by atoms with van der Waals surface area (Å²) in [7, 11) is 1.77. The second kappa shape index (κ2) is 9.15. The van der Waals surface area contributed by atoms with Crippen LogP contribution in [0.5, 0.6) is 0 Å². The molecule has 3 aromatic rings. The number of methoxy groups -OCH3 is 1. The van der Waals surface area contributed by atoms with Gasteiger partial charge in [-0.05, 0) is 43.5 Å². The van der Waals surface area contributed by atoms with Gasteiger partial charge in [0.05, 0.1) is 23.5 Å². The summed E-state index contributed by atoms with van der Waals surface area (Å²) in [5.74, 6) is 0.777. The zero-order valence-corrected chi connectivity index (χ0v) is 16.9. The maximum Gasteiger partial charge on any atom is 0.225 e. The van der Waals surface area contributed by atoms with E-state index in [9.17, 15) is 0 Å². The van der Waals surface area contributed by atoms with Crippen molar-refractivity contribution in [3.63, 3.8) is 0 Å². The van der Waals surface area contributed by atoms with Gasteiger partial charge in [-0.1, -0.05) is 18.2 Å². The van der Waals surface area contributed by atoms with Gasteiger partial charge in [-0.3, -0.25) is 0 Å². The van der Waals surface area contributed by atoms with Crippen molar-refractivity contribution in [3.8, 4) is 5.69 Å². The largest absolute Gasteiger partial charge is 0.382 e. The Kier molecular flexibility index (Phi) is 6.17. The number of piperazine rings is 1. The molecule has 1 aromatic carbocycles. The van der Waals surface area contributed by atoms with Crippen LogP contribution in [0.25, 0.3) is 5.69 Å². The number of ether oxygens (including phenoxy) is 1. The molecule has 0 amide bonds. The van der Waals surface area contributed by atoms with E-state index in [1.165, 1.54) is 0 Å². The number of rotatable bonds is 8. The summed E-state index contributed by atoms with van der Waals surface area (Å²) in [4.78, 5) is 11.3. The van der Waals surface area contributed by atoms with Crippen LogP contribution in [-0.2, 0) is 11.2 Å². The van der Waals surface area contributed by atoms with Crippen molar-refractivity contribution in [1.29, 1.82) is 0 Å². The Balaban J connectivity index is 1.45. The summed E-state index contributed by atoms with van der Waals surface area (Å²) in [5.41, 5.74) is 2.03. The van der Waals surface area contributed by atoms with Gasteiger partial charge in [-0.15, -0.1) is 0 Å². The standard InChI is InChI=1S/C22H28N6O/c1-29-18-22(17-23-14-16-27(22)21-24-12-6-13-25-21)11-5-7-19-10-15-28(26-19)20-8-3-2-4-9-20/h2-4,6,8-10,12-13,15,23H,5,7,11,14,16-18H2,1H3. The molecule has 0 radical (unpaired) electrons. The van der Waals surface area contributed by atoms with Crippen LogP contribution in [0, 0.1) is 0 Å². The van der Waals surface area contributed by atoms with E-state index < -0.39 is 0 Å². The van der Waals surface area contributed by atoms with Crippen LogP contribution in [0.15, 0.2) is 61.1 Å². The number of hydrogen-bond acceptors (Lipinski definition) is 6. The zero-order chi connectivity index (χ0) is 19.9. The average molecular weight is 393 g/mol. The van der Waals surface area contributed by atoms with Crippen LogP contribution < -0.4 is 10.2 Å². The number of aromatic nitrogens is 4. The second-order valence-corrected chi connectivity index (χ2v) is 7.48. The Morgan fingerprint density at radius 3 is 2.72 bits per heavy atom. The van der Waals surface area contributed by atoms with Gasteiger partial charge >= 0.3 is 0 Å². The van der Waals surface area contributed by atoms with E-state index >= 15 is 0 Å². The third-order valence-electron chi connectivity index (χ3n) is 5.49. The lowest BCUT2D eigenvalue weighted by Gasteiger charge is -2.47. The maximum absolute atomic E-state index is 5.64. The van der Waals surface area contributed by atoms with Crippen LogP contribution in [0.1, 0.15) is 18.5 Å². The summed E-state index contributed by atoms with van der Waals surface area (Å²) in [5, 5.41) is 8.28. The van der Waals surface area contributed by atoms with Gasteiger partial charge in [0, 0.05) is 45.3 Å². The van der Waals surface area contributed by atoms with E-state index in [-0.39, 0.29) is 5.54 Å². The number of para-hydroxylation sites is 1. The molecule has 1 saturated heterocycles. The fourth-order valence-electron chi connectivity index (χ4n) is 4.10. The van der Waals surface area contributed by atoms with E-state index in [4.69, 9.17) is 9.84 Å². The molecule has 1 aliphatic heterocycles. The Labute approximate surface area is 171 Å². The molecule has 1 atom stereocenters. The molecule has 1 unspecified atom stereocenters. The van der Waals surface area contributed by atoms with Crippen LogP contribution in [0.3, 0.4) is 0 Å². The normalized spacial score (nSPS) is 19.4. The summed E-state index contributed by atoms with van der Waals surface area (Å²) >= 11 is 0. The highest BCUT2D eigenvalue weighted by molar-refractivity contribution is 5.36. The summed E-state index contributed by atoms with van der Waals surface area (Å²) in [6.07, 6.45) is 8.55. The molecular formula is C22H28N6O. The van der Waals surface area contributed by atoms with Crippen LogP contribution in [0.4, 0.5) is 5.95 Å². The summed E-state index contributed by atoms with van der Waals surface area (Å²) in [6.45, 7) is 3.29. The molecule has 0 spiro atoms. The van der Waals surface area contributed by atoms with Crippen molar-refractivity contribution >= 4 is 5.95 Å². The zero-order valence-electron chi connectivity index (χ0n) is 16.9. The molecule has 7 nitrogen and oxygen atoms in total. The monoisotopic (exact) mass is 392 g/mol. The van der Waals surface area contributed by atoms with Gasteiger partial charge < -0.3 is 15.0 Å². The van der Waals surface area contributed by atoms with E-state index in [2.05, 4.69) is 38.4 Å². The quantitative estimate of drug-likeness (QED) is 0.635. The molecule has 152 valence electrons. The SMILES string of the molecule is COCC1(CCCc2ccn(-c3ccccc3)n2)CNCCN1c1ncccn1. The minimum atomic E-state index is -0.156. The molecule has 4 rings (SSSR count). The molecule has 0 saturated carbocycles. The first-order valence-electron chi connectivity index (χ1n) is 10.2. The van der Waals surface area contributed by atoms with Crippen LogP contribution >= 0.6 is 0 Å². The van der Waals surface area contributed by atoms with E-state index in [1.807, 2.05) is 35.1 Å². The minimum absolute atomic E-state index is 0.156. The van der Waals surface area contributed by atoms with Gasteiger partial charge in [-0.25, -0.2) is 14.6 Å². The maximum atomic E-state index is 5.64. The topological polar surface area (TPSA) is 68.1 Å². The highest BCUT2D eigenvalue weighted by atomic mass is 16.5. The van der Waals surface area contributed by atoms with Gasteiger partial charge in [0.15, 0.2) is 0 Å².